The van der Waals surface area contributed by atoms with Crippen LogP contribution >= 0.6 is 0 Å². The topological polar surface area (TPSA) is 36.4 Å². The van der Waals surface area contributed by atoms with Gasteiger partial charge in [-0.1, -0.05) is 27.7 Å². The monoisotopic (exact) mass is 250 g/mol. The number of pyridine rings is 1. The largest absolute Gasteiger partial charge is 0.506 e. The highest BCUT2D eigenvalue weighted by atomic mass is 16.3. The summed E-state index contributed by atoms with van der Waals surface area (Å²) < 4.78 is 0. The zero-order valence-electron chi connectivity index (χ0n) is 12.1. The van der Waals surface area contributed by atoms with Crippen molar-refractivity contribution in [1.29, 1.82) is 0 Å². The first-order chi connectivity index (χ1) is 8.56. The maximum absolute atomic E-state index is 9.26. The molecule has 3 heteroatoms. The number of aromatic nitrogens is 1. The molecule has 0 amide bonds. The van der Waals surface area contributed by atoms with Crippen molar-refractivity contribution in [3.05, 3.63) is 24.0 Å². The molecule has 0 aliphatic carbocycles. The molecule has 0 fully saturated rings. The Balaban J connectivity index is 2.73. The first-order valence-electron chi connectivity index (χ1n) is 6.94. The van der Waals surface area contributed by atoms with Gasteiger partial charge in [-0.3, -0.25) is 9.88 Å². The van der Waals surface area contributed by atoms with Gasteiger partial charge in [-0.25, -0.2) is 0 Å². The number of hydrogen-bond donors (Lipinski definition) is 1. The standard InChI is InChI=1S/C15H26N2O/c1-5-14(6-2)17(10-12(3)4)11-13-7-8-15(18)9-16-13/h7-9,12,14,18H,5-6,10-11H2,1-4H3. The van der Waals surface area contributed by atoms with E-state index in [1.54, 1.807) is 6.07 Å². The van der Waals surface area contributed by atoms with Gasteiger partial charge in [-0.15, -0.1) is 0 Å². The third-order valence-corrected chi connectivity index (χ3v) is 3.23. The van der Waals surface area contributed by atoms with Crippen LogP contribution in [0.1, 0.15) is 46.2 Å². The smallest absolute Gasteiger partial charge is 0.133 e. The van der Waals surface area contributed by atoms with Crippen LogP contribution in [-0.2, 0) is 6.54 Å². The lowest BCUT2D eigenvalue weighted by atomic mass is 10.1. The van der Waals surface area contributed by atoms with Crippen LogP contribution in [0.4, 0.5) is 0 Å². The first kappa shape index (κ1) is 15.0. The highest BCUT2D eigenvalue weighted by Gasteiger charge is 2.17. The predicted molar refractivity (Wildman–Crippen MR) is 75.5 cm³/mol. The summed E-state index contributed by atoms with van der Waals surface area (Å²) >= 11 is 0. The Bertz CT molecular complexity index is 331. The summed E-state index contributed by atoms with van der Waals surface area (Å²) in [6.45, 7) is 10.9. The SMILES string of the molecule is CCC(CC)N(Cc1ccc(O)cn1)CC(C)C. The van der Waals surface area contributed by atoms with E-state index in [0.717, 1.165) is 18.8 Å². The molecule has 1 heterocycles. The van der Waals surface area contributed by atoms with Crippen LogP contribution < -0.4 is 0 Å². The third kappa shape index (κ3) is 4.65. The fourth-order valence-electron chi connectivity index (χ4n) is 2.34. The van der Waals surface area contributed by atoms with Crippen molar-refractivity contribution in [2.45, 2.75) is 53.1 Å². The average Bonchev–Trinajstić information content (AvgIpc) is 2.33. The van der Waals surface area contributed by atoms with Gasteiger partial charge in [-0.05, 0) is 30.9 Å². The number of nitrogens with zero attached hydrogens (tertiary/aromatic N) is 2. The van der Waals surface area contributed by atoms with Crippen LogP contribution in [0.5, 0.6) is 5.75 Å². The highest BCUT2D eigenvalue weighted by Crippen LogP contribution is 2.15. The molecule has 0 saturated carbocycles. The van der Waals surface area contributed by atoms with Crippen molar-refractivity contribution in [2.24, 2.45) is 5.92 Å². The molecule has 0 spiro atoms. The molecule has 1 rings (SSSR count). The predicted octanol–water partition coefficient (Wildman–Crippen LogP) is 3.43. The van der Waals surface area contributed by atoms with Crippen LogP contribution in [0.15, 0.2) is 18.3 Å². The Morgan fingerprint density at radius 1 is 1.22 bits per heavy atom. The van der Waals surface area contributed by atoms with Gasteiger partial charge in [0.15, 0.2) is 0 Å². The van der Waals surface area contributed by atoms with Gasteiger partial charge in [0.05, 0.1) is 11.9 Å². The van der Waals surface area contributed by atoms with Gasteiger partial charge >= 0.3 is 0 Å². The van der Waals surface area contributed by atoms with Gasteiger partial charge in [0.25, 0.3) is 0 Å². The lowest BCUT2D eigenvalue weighted by molar-refractivity contribution is 0.155. The summed E-state index contributed by atoms with van der Waals surface area (Å²) in [6, 6.07) is 4.23. The van der Waals surface area contributed by atoms with E-state index in [2.05, 4.69) is 37.6 Å². The van der Waals surface area contributed by atoms with Crippen LogP contribution in [0, 0.1) is 5.92 Å². The number of hydrogen-bond acceptors (Lipinski definition) is 3. The Labute approximate surface area is 111 Å². The summed E-state index contributed by atoms with van der Waals surface area (Å²) in [4.78, 5) is 6.79. The summed E-state index contributed by atoms with van der Waals surface area (Å²) in [5.74, 6) is 0.888. The van der Waals surface area contributed by atoms with Crippen molar-refractivity contribution in [3.8, 4) is 5.75 Å². The summed E-state index contributed by atoms with van der Waals surface area (Å²) in [5, 5.41) is 9.26. The summed E-state index contributed by atoms with van der Waals surface area (Å²) in [6.07, 6.45) is 3.86. The molecule has 1 aromatic heterocycles. The first-order valence-corrected chi connectivity index (χ1v) is 6.94. The van der Waals surface area contributed by atoms with Crippen LogP contribution in [0.25, 0.3) is 0 Å². The van der Waals surface area contributed by atoms with Crippen molar-refractivity contribution in [1.82, 2.24) is 9.88 Å². The Kier molecular flexibility index (Phi) is 6.13. The normalized spacial score (nSPS) is 11.7. The highest BCUT2D eigenvalue weighted by molar-refractivity contribution is 5.17. The molecule has 18 heavy (non-hydrogen) atoms. The fraction of sp³-hybridized carbons (Fsp3) is 0.667. The molecule has 0 bridgehead atoms. The molecule has 102 valence electrons. The quantitative estimate of drug-likeness (QED) is 0.805. The second-order valence-corrected chi connectivity index (χ2v) is 5.30. The minimum atomic E-state index is 0.233. The minimum Gasteiger partial charge on any atom is -0.506 e. The maximum atomic E-state index is 9.26. The van der Waals surface area contributed by atoms with Crippen molar-refractivity contribution >= 4 is 0 Å². The number of aromatic hydroxyl groups is 1. The molecule has 1 aromatic rings. The van der Waals surface area contributed by atoms with Gasteiger partial charge in [0.1, 0.15) is 5.75 Å². The van der Waals surface area contributed by atoms with E-state index in [1.165, 1.54) is 19.0 Å². The Morgan fingerprint density at radius 3 is 2.33 bits per heavy atom. The average molecular weight is 250 g/mol. The van der Waals surface area contributed by atoms with E-state index in [1.807, 2.05) is 6.07 Å². The van der Waals surface area contributed by atoms with Crippen LogP contribution in [0.2, 0.25) is 0 Å². The van der Waals surface area contributed by atoms with Crippen molar-refractivity contribution in [2.75, 3.05) is 6.54 Å². The zero-order valence-corrected chi connectivity index (χ0v) is 12.1. The minimum absolute atomic E-state index is 0.233. The van der Waals surface area contributed by atoms with E-state index in [0.29, 0.717) is 12.0 Å². The third-order valence-electron chi connectivity index (χ3n) is 3.23. The Morgan fingerprint density at radius 2 is 1.89 bits per heavy atom. The van der Waals surface area contributed by atoms with E-state index >= 15 is 0 Å². The zero-order chi connectivity index (χ0) is 13.5. The van der Waals surface area contributed by atoms with E-state index < -0.39 is 0 Å². The van der Waals surface area contributed by atoms with Crippen LogP contribution in [0.3, 0.4) is 0 Å². The van der Waals surface area contributed by atoms with Gasteiger partial charge in [0.2, 0.25) is 0 Å². The molecule has 1 N–H and O–H groups in total. The summed E-state index contributed by atoms with van der Waals surface area (Å²) in [5.41, 5.74) is 1.03. The number of rotatable bonds is 7. The lowest BCUT2D eigenvalue weighted by Gasteiger charge is -2.31. The van der Waals surface area contributed by atoms with E-state index in [4.69, 9.17) is 0 Å². The molecule has 0 aliphatic heterocycles. The molecule has 0 aliphatic rings. The van der Waals surface area contributed by atoms with Crippen LogP contribution in [-0.4, -0.2) is 27.6 Å². The molecule has 0 unspecified atom stereocenters. The fourth-order valence-corrected chi connectivity index (χ4v) is 2.34. The molecule has 0 radical (unpaired) electrons. The molecule has 3 nitrogen and oxygen atoms in total. The molecular formula is C15H26N2O. The van der Waals surface area contributed by atoms with E-state index in [9.17, 15) is 5.11 Å². The molecule has 0 atom stereocenters. The molecule has 0 aromatic carbocycles. The second kappa shape index (κ2) is 7.37. The lowest BCUT2D eigenvalue weighted by Crippen LogP contribution is -2.36. The second-order valence-electron chi connectivity index (χ2n) is 5.30. The molecule has 0 saturated heterocycles. The van der Waals surface area contributed by atoms with Crippen molar-refractivity contribution in [3.63, 3.8) is 0 Å². The summed E-state index contributed by atoms with van der Waals surface area (Å²) in [7, 11) is 0. The van der Waals surface area contributed by atoms with E-state index in [-0.39, 0.29) is 5.75 Å². The molecular weight excluding hydrogens is 224 g/mol. The Hall–Kier alpha value is -1.09. The van der Waals surface area contributed by atoms with Gasteiger partial charge in [-0.2, -0.15) is 0 Å². The maximum Gasteiger partial charge on any atom is 0.133 e. The van der Waals surface area contributed by atoms with Gasteiger partial charge < -0.3 is 5.11 Å². The van der Waals surface area contributed by atoms with Crippen molar-refractivity contribution < 1.29 is 5.11 Å². The van der Waals surface area contributed by atoms with Gasteiger partial charge in [0, 0.05) is 19.1 Å².